The summed E-state index contributed by atoms with van der Waals surface area (Å²) in [5, 5.41) is 3.16. The molecule has 0 radical (unpaired) electrons. The fourth-order valence-electron chi connectivity index (χ4n) is 4.86. The van der Waals surface area contributed by atoms with Gasteiger partial charge in [-0.2, -0.15) is 16.5 Å². The fourth-order valence-corrected chi connectivity index (χ4v) is 6.58. The molecule has 0 saturated carbocycles. The lowest BCUT2D eigenvalue weighted by atomic mass is 10.0. The topological polar surface area (TPSA) is 123 Å². The highest BCUT2D eigenvalue weighted by atomic mass is 32.2. The molecule has 1 saturated heterocycles. The first-order valence-corrected chi connectivity index (χ1v) is 15.8. The van der Waals surface area contributed by atoms with Gasteiger partial charge in [0, 0.05) is 39.8 Å². The van der Waals surface area contributed by atoms with Gasteiger partial charge in [0.25, 0.3) is 5.56 Å². The van der Waals surface area contributed by atoms with Crippen LogP contribution in [0.2, 0.25) is 0 Å². The largest absolute Gasteiger partial charge is 0.352 e. The summed E-state index contributed by atoms with van der Waals surface area (Å²) in [5.74, 6) is 0.240. The molecule has 2 aromatic carbocycles. The van der Waals surface area contributed by atoms with Crippen LogP contribution in [0.5, 0.6) is 0 Å². The number of piperidine rings is 1. The van der Waals surface area contributed by atoms with Crippen LogP contribution in [0.15, 0.2) is 63.0 Å². The van der Waals surface area contributed by atoms with Gasteiger partial charge in [-0.1, -0.05) is 30.3 Å². The summed E-state index contributed by atoms with van der Waals surface area (Å²) in [5.41, 5.74) is 0.499. The highest BCUT2D eigenvalue weighted by molar-refractivity contribution is 7.98. The maximum absolute atomic E-state index is 13.3. The van der Waals surface area contributed by atoms with Gasteiger partial charge in [0.2, 0.25) is 15.9 Å². The number of likely N-dealkylation sites (tertiary alicyclic amines) is 1. The molecular formula is C27H35N5O5S2. The summed E-state index contributed by atoms with van der Waals surface area (Å²) in [6.07, 6.45) is 3.79. The van der Waals surface area contributed by atoms with E-state index in [1.165, 1.54) is 54.2 Å². The number of aryl methyl sites for hydroxylation is 1. The van der Waals surface area contributed by atoms with Gasteiger partial charge in [-0.05, 0) is 55.0 Å². The van der Waals surface area contributed by atoms with E-state index in [0.29, 0.717) is 17.7 Å². The number of amides is 1. The molecule has 1 aliphatic rings. The van der Waals surface area contributed by atoms with Crippen LogP contribution in [0.1, 0.15) is 24.8 Å². The number of nitrogens with one attached hydrogen (secondary N) is 2. The number of thioether (sulfide) groups is 1. The quantitative estimate of drug-likeness (QED) is 0.376. The SMILES string of the molecule is CSCC[C@@H](NS(=O)(=O)c1ccc2c(c1)c(=O)n(C)c(=O)n2C)C(=O)NC1CCN(Cc2ccccc2)CC1. The zero-order valence-corrected chi connectivity index (χ0v) is 24.1. The van der Waals surface area contributed by atoms with Crippen LogP contribution < -0.4 is 21.3 Å². The zero-order chi connectivity index (χ0) is 28.2. The number of aromatic nitrogens is 2. The van der Waals surface area contributed by atoms with Crippen molar-refractivity contribution in [2.45, 2.75) is 42.8 Å². The first-order chi connectivity index (χ1) is 18.6. The molecule has 0 unspecified atom stereocenters. The number of hydrogen-bond acceptors (Lipinski definition) is 7. The molecule has 2 N–H and O–H groups in total. The van der Waals surface area contributed by atoms with Crippen LogP contribution in [0.25, 0.3) is 10.9 Å². The number of carbonyl (C=O) groups is 1. The third kappa shape index (κ3) is 6.81. The van der Waals surface area contributed by atoms with E-state index >= 15 is 0 Å². The van der Waals surface area contributed by atoms with E-state index in [1.54, 1.807) is 0 Å². The Labute approximate surface area is 232 Å². The van der Waals surface area contributed by atoms with Gasteiger partial charge in [-0.25, -0.2) is 13.2 Å². The Balaban J connectivity index is 1.45. The summed E-state index contributed by atoms with van der Waals surface area (Å²) in [6, 6.07) is 13.3. The lowest BCUT2D eigenvalue weighted by Crippen LogP contribution is -2.52. The van der Waals surface area contributed by atoms with E-state index in [0.717, 1.165) is 37.0 Å². The minimum absolute atomic E-state index is 0.0317. The van der Waals surface area contributed by atoms with Crippen molar-refractivity contribution >= 4 is 38.6 Å². The molecule has 0 bridgehead atoms. The Morgan fingerprint density at radius 2 is 1.74 bits per heavy atom. The summed E-state index contributed by atoms with van der Waals surface area (Å²) in [6.45, 7) is 2.55. The number of hydrogen-bond donors (Lipinski definition) is 2. The molecule has 1 aromatic heterocycles. The van der Waals surface area contributed by atoms with Crippen molar-refractivity contribution < 1.29 is 13.2 Å². The minimum Gasteiger partial charge on any atom is -0.352 e. The van der Waals surface area contributed by atoms with Gasteiger partial charge in [0.1, 0.15) is 6.04 Å². The van der Waals surface area contributed by atoms with E-state index in [1.807, 2.05) is 24.5 Å². The predicted octanol–water partition coefficient (Wildman–Crippen LogP) is 1.42. The molecule has 39 heavy (non-hydrogen) atoms. The van der Waals surface area contributed by atoms with Crippen molar-refractivity contribution in [1.29, 1.82) is 0 Å². The van der Waals surface area contributed by atoms with Gasteiger partial charge in [-0.15, -0.1) is 0 Å². The van der Waals surface area contributed by atoms with E-state index in [2.05, 4.69) is 27.1 Å². The van der Waals surface area contributed by atoms with Gasteiger partial charge >= 0.3 is 5.69 Å². The van der Waals surface area contributed by atoms with E-state index in [-0.39, 0.29) is 22.2 Å². The average molecular weight is 574 g/mol. The first-order valence-electron chi connectivity index (χ1n) is 12.9. The molecule has 0 spiro atoms. The average Bonchev–Trinajstić information content (AvgIpc) is 2.94. The van der Waals surface area contributed by atoms with Crippen molar-refractivity contribution in [3.05, 3.63) is 74.9 Å². The highest BCUT2D eigenvalue weighted by Gasteiger charge is 2.29. The van der Waals surface area contributed by atoms with Crippen LogP contribution in [0.4, 0.5) is 0 Å². The van der Waals surface area contributed by atoms with Crippen LogP contribution in [-0.4, -0.2) is 65.5 Å². The molecule has 3 aromatic rings. The molecule has 210 valence electrons. The van der Waals surface area contributed by atoms with Crippen LogP contribution in [0.3, 0.4) is 0 Å². The van der Waals surface area contributed by atoms with Gasteiger partial charge in [0.05, 0.1) is 15.8 Å². The number of sulfonamides is 1. The molecule has 10 nitrogen and oxygen atoms in total. The summed E-state index contributed by atoms with van der Waals surface area (Å²) in [7, 11) is -1.26. The van der Waals surface area contributed by atoms with E-state index in [9.17, 15) is 22.8 Å². The smallest absolute Gasteiger partial charge is 0.330 e. The Morgan fingerprint density at radius 1 is 1.05 bits per heavy atom. The third-order valence-corrected chi connectivity index (χ3v) is 9.27. The lowest BCUT2D eigenvalue weighted by Gasteiger charge is -2.33. The molecule has 0 aliphatic carbocycles. The number of nitrogens with zero attached hydrogens (tertiary/aromatic N) is 3. The van der Waals surface area contributed by atoms with Crippen molar-refractivity contribution in [2.75, 3.05) is 25.1 Å². The van der Waals surface area contributed by atoms with Crippen molar-refractivity contribution in [3.8, 4) is 0 Å². The molecule has 12 heteroatoms. The predicted molar refractivity (Wildman–Crippen MR) is 154 cm³/mol. The molecule has 1 amide bonds. The Hall–Kier alpha value is -2.93. The lowest BCUT2D eigenvalue weighted by molar-refractivity contribution is -0.123. The van der Waals surface area contributed by atoms with E-state index < -0.39 is 27.3 Å². The van der Waals surface area contributed by atoms with Gasteiger partial charge in [-0.3, -0.25) is 23.6 Å². The summed E-state index contributed by atoms with van der Waals surface area (Å²) < 4.78 is 31.4. The monoisotopic (exact) mass is 573 g/mol. The molecule has 4 rings (SSSR count). The number of benzene rings is 2. The van der Waals surface area contributed by atoms with Gasteiger partial charge < -0.3 is 5.32 Å². The van der Waals surface area contributed by atoms with Crippen molar-refractivity contribution in [3.63, 3.8) is 0 Å². The third-order valence-electron chi connectivity index (χ3n) is 7.16. The maximum atomic E-state index is 13.3. The standard InChI is InChI=1S/C27H35N5O5S2/c1-30-24-10-9-21(17-22(24)26(34)31(2)27(30)35)39(36,37)29-23(13-16-38-3)25(33)28-20-11-14-32(15-12-20)18-19-7-5-4-6-8-19/h4-10,17,20,23,29H,11-16,18H2,1-3H3,(H,28,33)/t23-/m1/s1. The molecule has 2 heterocycles. The number of carbonyl (C=O) groups excluding carboxylic acids is 1. The molecule has 1 atom stereocenters. The summed E-state index contributed by atoms with van der Waals surface area (Å²) in [4.78, 5) is 40.3. The number of fused-ring (bicyclic) bond motifs is 1. The first kappa shape index (κ1) is 29.1. The molecular weight excluding hydrogens is 538 g/mol. The van der Waals surface area contributed by atoms with Crippen molar-refractivity contribution in [1.82, 2.24) is 24.1 Å². The highest BCUT2D eigenvalue weighted by Crippen LogP contribution is 2.18. The van der Waals surface area contributed by atoms with Crippen molar-refractivity contribution in [2.24, 2.45) is 14.1 Å². The fraction of sp³-hybridized carbons (Fsp3) is 0.444. The Morgan fingerprint density at radius 3 is 2.41 bits per heavy atom. The molecule has 1 aliphatic heterocycles. The van der Waals surface area contributed by atoms with Crippen LogP contribution in [-0.2, 0) is 35.5 Å². The minimum atomic E-state index is -4.13. The summed E-state index contributed by atoms with van der Waals surface area (Å²) >= 11 is 1.53. The van der Waals surface area contributed by atoms with Crippen LogP contribution in [0, 0.1) is 0 Å². The number of rotatable bonds is 10. The van der Waals surface area contributed by atoms with Gasteiger partial charge in [0.15, 0.2) is 0 Å². The maximum Gasteiger partial charge on any atom is 0.330 e. The van der Waals surface area contributed by atoms with Crippen LogP contribution >= 0.6 is 11.8 Å². The Bertz CT molecular complexity index is 1540. The second kappa shape index (κ2) is 12.5. The normalized spacial score (nSPS) is 15.9. The second-order valence-corrected chi connectivity index (χ2v) is 12.6. The van der Waals surface area contributed by atoms with E-state index in [4.69, 9.17) is 0 Å². The zero-order valence-electron chi connectivity index (χ0n) is 22.4. The molecule has 1 fully saturated rings. The Kier molecular flexibility index (Phi) is 9.31. The second-order valence-electron chi connectivity index (χ2n) is 9.88.